The van der Waals surface area contributed by atoms with E-state index in [1.165, 1.54) is 12.1 Å². The maximum atomic E-state index is 14.0. The maximum Gasteiger partial charge on any atom is 0.469 e. The third-order valence-corrected chi connectivity index (χ3v) is 6.95. The molecule has 1 aromatic heterocycles. The van der Waals surface area contributed by atoms with Crippen molar-refractivity contribution in [2.75, 3.05) is 6.61 Å². The van der Waals surface area contributed by atoms with E-state index in [0.717, 1.165) is 17.2 Å². The fourth-order valence-corrected chi connectivity index (χ4v) is 4.78. The van der Waals surface area contributed by atoms with Crippen molar-refractivity contribution in [2.24, 2.45) is 0 Å². The number of nitrogens with one attached hydrogen (secondary N) is 1. The zero-order valence-electron chi connectivity index (χ0n) is 20.9. The van der Waals surface area contributed by atoms with Gasteiger partial charge in [0, 0.05) is 11.0 Å². The molecule has 0 aliphatic rings. The molecule has 7 nitrogen and oxygen atoms in total. The van der Waals surface area contributed by atoms with E-state index in [4.69, 9.17) is 14.5 Å². The second-order valence-corrected chi connectivity index (χ2v) is 11.5. The molecule has 0 spiro atoms. The van der Waals surface area contributed by atoms with Gasteiger partial charge in [-0.05, 0) is 50.8 Å². The van der Waals surface area contributed by atoms with E-state index in [1.807, 2.05) is 54.6 Å². The number of ether oxygens (including phenoxy) is 1. The molecule has 0 unspecified atom stereocenters. The van der Waals surface area contributed by atoms with Crippen molar-refractivity contribution in [3.63, 3.8) is 0 Å². The molecule has 12 heteroatoms. The number of phosphoric ester groups is 1. The summed E-state index contributed by atoms with van der Waals surface area (Å²) < 4.78 is 63.6. The number of hydrogen-bond donors (Lipinski definition) is 3. The van der Waals surface area contributed by atoms with Crippen LogP contribution in [0.5, 0.6) is 5.75 Å². The van der Waals surface area contributed by atoms with Crippen LogP contribution in [0, 0.1) is 0 Å². The summed E-state index contributed by atoms with van der Waals surface area (Å²) in [6.07, 6.45) is -4.69. The van der Waals surface area contributed by atoms with Crippen molar-refractivity contribution in [3.05, 3.63) is 94.4 Å². The first-order chi connectivity index (χ1) is 18.2. The molecule has 0 radical (unpaired) electrons. The number of hydrogen-bond acceptors (Lipinski definition) is 4. The van der Waals surface area contributed by atoms with Gasteiger partial charge in [0.2, 0.25) is 0 Å². The molecule has 0 aliphatic heterocycles. The number of phosphoric acid groups is 1. The van der Waals surface area contributed by atoms with Crippen molar-refractivity contribution in [3.8, 4) is 28.1 Å². The molecule has 3 N–H and O–H groups in total. The summed E-state index contributed by atoms with van der Waals surface area (Å²) in [6, 6.07) is 20.8. The Kier molecular flexibility index (Phi) is 8.39. The molecule has 0 saturated heterocycles. The van der Waals surface area contributed by atoms with E-state index in [0.29, 0.717) is 10.2 Å². The zero-order valence-corrected chi connectivity index (χ0v) is 23.3. The van der Waals surface area contributed by atoms with E-state index in [2.05, 4.69) is 30.4 Å². The Hall–Kier alpha value is -2.95. The predicted octanol–water partition coefficient (Wildman–Crippen LogP) is 7.49. The lowest BCUT2D eigenvalue weighted by molar-refractivity contribution is -0.139. The van der Waals surface area contributed by atoms with Crippen molar-refractivity contribution in [1.82, 2.24) is 9.97 Å². The fourth-order valence-electron chi connectivity index (χ4n) is 3.79. The Morgan fingerprint density at radius 3 is 2.18 bits per heavy atom. The molecule has 0 aliphatic carbocycles. The predicted molar refractivity (Wildman–Crippen MR) is 144 cm³/mol. The van der Waals surface area contributed by atoms with E-state index in [1.54, 1.807) is 13.8 Å². The van der Waals surface area contributed by atoms with Gasteiger partial charge in [-0.15, -0.1) is 0 Å². The smallest absolute Gasteiger partial charge is 0.469 e. The van der Waals surface area contributed by atoms with Crippen LogP contribution >= 0.6 is 23.8 Å². The van der Waals surface area contributed by atoms with Gasteiger partial charge in [-0.3, -0.25) is 4.52 Å². The summed E-state index contributed by atoms with van der Waals surface area (Å²) in [5.74, 6) is -0.0497. The summed E-state index contributed by atoms with van der Waals surface area (Å²) in [5, 5.41) is 0. The lowest BCUT2D eigenvalue weighted by Crippen LogP contribution is -2.25. The minimum atomic E-state index is -4.71. The van der Waals surface area contributed by atoms with E-state index < -0.39 is 25.0 Å². The third kappa shape index (κ3) is 7.38. The highest BCUT2D eigenvalue weighted by Crippen LogP contribution is 2.42. The number of aromatic amines is 1. The van der Waals surface area contributed by atoms with Gasteiger partial charge in [0.05, 0.1) is 12.2 Å². The molecule has 206 valence electrons. The summed E-state index contributed by atoms with van der Waals surface area (Å²) in [6.45, 7) is 2.83. The van der Waals surface area contributed by atoms with E-state index in [9.17, 15) is 17.7 Å². The monoisotopic (exact) mass is 624 g/mol. The first kappa shape index (κ1) is 29.0. The van der Waals surface area contributed by atoms with Crippen LogP contribution in [0.25, 0.3) is 22.4 Å². The molecule has 1 heterocycles. The van der Waals surface area contributed by atoms with Crippen LogP contribution in [-0.4, -0.2) is 26.4 Å². The van der Waals surface area contributed by atoms with Crippen LogP contribution < -0.4 is 4.74 Å². The first-order valence-electron chi connectivity index (χ1n) is 11.7. The highest BCUT2D eigenvalue weighted by atomic mass is 79.9. The molecule has 0 amide bonds. The third-order valence-electron chi connectivity index (χ3n) is 5.91. The van der Waals surface area contributed by atoms with Crippen molar-refractivity contribution < 1.29 is 36.8 Å². The highest BCUT2D eigenvalue weighted by molar-refractivity contribution is 9.10. The lowest BCUT2D eigenvalue weighted by atomic mass is 9.94. The van der Waals surface area contributed by atoms with Crippen LogP contribution in [0.15, 0.2) is 77.4 Å². The van der Waals surface area contributed by atoms with Crippen LogP contribution in [0.2, 0.25) is 0 Å². The number of H-pyrrole nitrogens is 1. The zero-order chi connectivity index (χ0) is 28.4. The molecule has 0 saturated carbocycles. The Morgan fingerprint density at radius 1 is 0.949 bits per heavy atom. The number of aromatic nitrogens is 2. The van der Waals surface area contributed by atoms with Crippen molar-refractivity contribution in [2.45, 2.75) is 32.0 Å². The normalized spacial score (nSPS) is 12.5. The Labute approximate surface area is 231 Å². The van der Waals surface area contributed by atoms with Crippen LogP contribution in [-0.2, 0) is 27.3 Å². The van der Waals surface area contributed by atoms with Gasteiger partial charge >= 0.3 is 14.0 Å². The molecular formula is C27H25BrF3N2O5P. The van der Waals surface area contributed by atoms with Gasteiger partial charge in [-0.25, -0.2) is 9.55 Å². The average molecular weight is 625 g/mol. The molecule has 0 fully saturated rings. The Balaban J connectivity index is 1.55. The standard InChI is InChI=1S/C27H25BrF3N2O5P/c1-26(2,16-38-39(34,35)36)25-32-23(24(28)33-25)20-12-13-22(21(14-20)27(29,30)31)37-15-17-8-10-19(11-9-17)18-6-4-3-5-7-18/h3-14H,15-16H2,1-2H3,(H,32,33)(H2,34,35,36). The quantitative estimate of drug-likeness (QED) is 0.167. The van der Waals surface area contributed by atoms with Gasteiger partial charge in [0.1, 0.15) is 28.5 Å². The van der Waals surface area contributed by atoms with E-state index in [-0.39, 0.29) is 36.0 Å². The van der Waals surface area contributed by atoms with E-state index >= 15 is 0 Å². The number of imidazole rings is 1. The van der Waals surface area contributed by atoms with Gasteiger partial charge in [-0.1, -0.05) is 68.4 Å². The Bertz CT molecular complexity index is 1490. The average Bonchev–Trinajstić information content (AvgIpc) is 3.29. The minimum absolute atomic E-state index is 0.0541. The molecule has 4 rings (SSSR count). The number of benzene rings is 3. The molecule has 0 bridgehead atoms. The summed E-state index contributed by atoms with van der Waals surface area (Å²) >= 11 is 3.29. The molecule has 4 aromatic rings. The van der Waals surface area contributed by atoms with Crippen LogP contribution in [0.4, 0.5) is 13.2 Å². The maximum absolute atomic E-state index is 14.0. The highest BCUT2D eigenvalue weighted by Gasteiger charge is 2.36. The van der Waals surface area contributed by atoms with Gasteiger partial charge in [0.15, 0.2) is 0 Å². The first-order valence-corrected chi connectivity index (χ1v) is 14.0. The molecule has 39 heavy (non-hydrogen) atoms. The molecule has 3 aromatic carbocycles. The number of rotatable bonds is 9. The second-order valence-electron chi connectivity index (χ2n) is 9.46. The fraction of sp³-hybridized carbons (Fsp3) is 0.222. The lowest BCUT2D eigenvalue weighted by Gasteiger charge is -2.21. The van der Waals surface area contributed by atoms with Crippen molar-refractivity contribution in [1.29, 1.82) is 0 Å². The Morgan fingerprint density at radius 2 is 1.56 bits per heavy atom. The largest absolute Gasteiger partial charge is 0.488 e. The number of alkyl halides is 3. The number of nitrogens with zero attached hydrogens (tertiary/aromatic N) is 1. The van der Waals surface area contributed by atoms with Gasteiger partial charge in [0.25, 0.3) is 0 Å². The minimum Gasteiger partial charge on any atom is -0.488 e. The molecular weight excluding hydrogens is 600 g/mol. The summed E-state index contributed by atoms with van der Waals surface area (Å²) in [7, 11) is -4.71. The van der Waals surface area contributed by atoms with Crippen LogP contribution in [0.1, 0.15) is 30.8 Å². The molecule has 0 atom stereocenters. The van der Waals surface area contributed by atoms with Crippen LogP contribution in [0.3, 0.4) is 0 Å². The van der Waals surface area contributed by atoms with Crippen molar-refractivity contribution >= 4 is 23.8 Å². The topological polar surface area (TPSA) is 105 Å². The van der Waals surface area contributed by atoms with Gasteiger partial charge < -0.3 is 19.5 Å². The summed E-state index contributed by atoms with van der Waals surface area (Å²) in [5.41, 5.74) is 1.16. The SMILES string of the molecule is CC(C)(COP(=O)(O)O)c1nc(-c2ccc(OCc3ccc(-c4ccccc4)cc3)c(C(F)(F)F)c2)c(Br)[nH]1. The summed E-state index contributed by atoms with van der Waals surface area (Å²) in [4.78, 5) is 25.3. The van der Waals surface area contributed by atoms with Gasteiger partial charge in [-0.2, -0.15) is 13.2 Å². The second kappa shape index (κ2) is 11.3. The number of halogens is 4.